The van der Waals surface area contributed by atoms with Crippen LogP contribution in [0.4, 0.5) is 5.69 Å². The average Bonchev–Trinajstić information content (AvgIpc) is 3.21. The number of amides is 2. The van der Waals surface area contributed by atoms with E-state index in [0.29, 0.717) is 56.1 Å². The number of nitrogens with zero attached hydrogens (tertiary/aromatic N) is 4. The molecule has 0 aliphatic carbocycles. The first-order chi connectivity index (χ1) is 12.5. The molecule has 26 heavy (non-hydrogen) atoms. The fourth-order valence-electron chi connectivity index (χ4n) is 3.45. The van der Waals surface area contributed by atoms with Crippen LogP contribution >= 0.6 is 0 Å². The van der Waals surface area contributed by atoms with Crippen LogP contribution in [-0.2, 0) is 9.59 Å². The second kappa shape index (κ2) is 7.56. The Morgan fingerprint density at radius 2 is 1.50 bits per heavy atom. The molecule has 3 rings (SSSR count). The summed E-state index contributed by atoms with van der Waals surface area (Å²) in [7, 11) is 0. The standard InChI is InChI=1S/C19H22N4O3/c1-14(24)15-4-5-16(13-20)17(12-15)21-8-10-23(11-9-21)19(26)18(25)22-6-2-3-7-22/h4-5,12H,2-3,6-11H2,1H3. The van der Waals surface area contributed by atoms with Crippen LogP contribution in [-0.4, -0.2) is 66.7 Å². The molecule has 0 bridgehead atoms. The first-order valence-corrected chi connectivity index (χ1v) is 8.89. The van der Waals surface area contributed by atoms with E-state index < -0.39 is 11.8 Å². The minimum atomic E-state index is -0.440. The number of benzene rings is 1. The lowest BCUT2D eigenvalue weighted by atomic mass is 10.1. The lowest BCUT2D eigenvalue weighted by Crippen LogP contribution is -2.53. The molecule has 2 aliphatic rings. The van der Waals surface area contributed by atoms with Crippen molar-refractivity contribution in [1.29, 1.82) is 5.26 Å². The highest BCUT2D eigenvalue weighted by atomic mass is 16.2. The second-order valence-corrected chi connectivity index (χ2v) is 6.68. The molecular formula is C19H22N4O3. The number of hydrogen-bond acceptors (Lipinski definition) is 5. The molecule has 1 aromatic rings. The Hall–Kier alpha value is -2.88. The van der Waals surface area contributed by atoms with Gasteiger partial charge in [0.2, 0.25) is 0 Å². The third-order valence-corrected chi connectivity index (χ3v) is 5.01. The molecule has 0 radical (unpaired) electrons. The molecule has 0 unspecified atom stereocenters. The number of rotatable bonds is 2. The summed E-state index contributed by atoms with van der Waals surface area (Å²) < 4.78 is 0. The van der Waals surface area contributed by atoms with Crippen molar-refractivity contribution < 1.29 is 14.4 Å². The minimum Gasteiger partial charge on any atom is -0.367 e. The number of nitriles is 1. The number of likely N-dealkylation sites (tertiary alicyclic amines) is 1. The summed E-state index contributed by atoms with van der Waals surface area (Å²) in [5, 5.41) is 9.34. The van der Waals surface area contributed by atoms with Gasteiger partial charge in [0.15, 0.2) is 5.78 Å². The van der Waals surface area contributed by atoms with E-state index in [-0.39, 0.29) is 5.78 Å². The molecule has 0 aromatic heterocycles. The summed E-state index contributed by atoms with van der Waals surface area (Å²) in [6, 6.07) is 7.19. The fraction of sp³-hybridized carbons (Fsp3) is 0.474. The highest BCUT2D eigenvalue weighted by Crippen LogP contribution is 2.24. The molecule has 2 heterocycles. The zero-order chi connectivity index (χ0) is 18.7. The van der Waals surface area contributed by atoms with Crippen LogP contribution in [0.15, 0.2) is 18.2 Å². The van der Waals surface area contributed by atoms with Crippen molar-refractivity contribution in [3.63, 3.8) is 0 Å². The van der Waals surface area contributed by atoms with Gasteiger partial charge in [0, 0.05) is 44.8 Å². The van der Waals surface area contributed by atoms with Crippen LogP contribution in [0.3, 0.4) is 0 Å². The zero-order valence-electron chi connectivity index (χ0n) is 14.9. The van der Waals surface area contributed by atoms with Crippen molar-refractivity contribution in [2.75, 3.05) is 44.2 Å². The molecule has 136 valence electrons. The van der Waals surface area contributed by atoms with Crippen molar-refractivity contribution in [1.82, 2.24) is 9.80 Å². The predicted molar refractivity (Wildman–Crippen MR) is 95.8 cm³/mol. The number of ketones is 1. The third-order valence-electron chi connectivity index (χ3n) is 5.01. The van der Waals surface area contributed by atoms with E-state index in [1.54, 1.807) is 28.0 Å². The molecule has 2 amide bonds. The van der Waals surface area contributed by atoms with Crippen molar-refractivity contribution in [3.05, 3.63) is 29.3 Å². The minimum absolute atomic E-state index is 0.0548. The van der Waals surface area contributed by atoms with Crippen LogP contribution < -0.4 is 4.90 Å². The first-order valence-electron chi connectivity index (χ1n) is 8.89. The zero-order valence-corrected chi connectivity index (χ0v) is 14.9. The summed E-state index contributed by atoms with van der Waals surface area (Å²) in [6.07, 6.45) is 1.91. The van der Waals surface area contributed by atoms with Crippen LogP contribution in [0, 0.1) is 11.3 Å². The lowest BCUT2D eigenvalue weighted by molar-refractivity contribution is -0.151. The van der Waals surface area contributed by atoms with Gasteiger partial charge >= 0.3 is 11.8 Å². The maximum atomic E-state index is 12.4. The van der Waals surface area contributed by atoms with Gasteiger partial charge in [-0.05, 0) is 38.0 Å². The van der Waals surface area contributed by atoms with E-state index in [1.165, 1.54) is 6.92 Å². The number of piperazine rings is 1. The van der Waals surface area contributed by atoms with E-state index >= 15 is 0 Å². The van der Waals surface area contributed by atoms with Gasteiger partial charge in [0.25, 0.3) is 0 Å². The van der Waals surface area contributed by atoms with Crippen LogP contribution in [0.5, 0.6) is 0 Å². The van der Waals surface area contributed by atoms with E-state index in [4.69, 9.17) is 0 Å². The Morgan fingerprint density at radius 3 is 2.04 bits per heavy atom. The lowest BCUT2D eigenvalue weighted by Gasteiger charge is -2.36. The van der Waals surface area contributed by atoms with Gasteiger partial charge in [-0.25, -0.2) is 0 Å². The average molecular weight is 354 g/mol. The Morgan fingerprint density at radius 1 is 0.923 bits per heavy atom. The van der Waals surface area contributed by atoms with E-state index in [1.807, 2.05) is 4.90 Å². The quantitative estimate of drug-likeness (QED) is 0.585. The fourth-order valence-corrected chi connectivity index (χ4v) is 3.45. The predicted octanol–water partition coefficient (Wildman–Crippen LogP) is 1.03. The Bertz CT molecular complexity index is 769. The van der Waals surface area contributed by atoms with Crippen LogP contribution in [0.2, 0.25) is 0 Å². The molecule has 0 N–H and O–H groups in total. The van der Waals surface area contributed by atoms with Crippen LogP contribution in [0.25, 0.3) is 0 Å². The molecular weight excluding hydrogens is 332 g/mol. The van der Waals surface area contributed by atoms with Gasteiger partial charge < -0.3 is 14.7 Å². The summed E-state index contributed by atoms with van der Waals surface area (Å²) >= 11 is 0. The third kappa shape index (κ3) is 3.54. The molecule has 7 nitrogen and oxygen atoms in total. The number of hydrogen-bond donors (Lipinski definition) is 0. The normalized spacial score (nSPS) is 17.2. The molecule has 0 saturated carbocycles. The summed E-state index contributed by atoms with van der Waals surface area (Å²) in [6.45, 7) is 4.71. The van der Waals surface area contributed by atoms with E-state index in [0.717, 1.165) is 12.8 Å². The molecule has 0 spiro atoms. The summed E-state index contributed by atoms with van der Waals surface area (Å²) in [4.78, 5) is 41.5. The summed E-state index contributed by atoms with van der Waals surface area (Å²) in [5.41, 5.74) is 1.77. The number of carbonyl (C=O) groups is 3. The monoisotopic (exact) mass is 354 g/mol. The summed E-state index contributed by atoms with van der Waals surface area (Å²) in [5.74, 6) is -0.905. The molecule has 1 aromatic carbocycles. The largest absolute Gasteiger partial charge is 0.367 e. The topological polar surface area (TPSA) is 84.7 Å². The first kappa shape index (κ1) is 17.9. The Balaban J connectivity index is 1.68. The van der Waals surface area contributed by atoms with Crippen LogP contribution in [0.1, 0.15) is 35.7 Å². The van der Waals surface area contributed by atoms with E-state index in [9.17, 15) is 19.6 Å². The van der Waals surface area contributed by atoms with Crippen molar-refractivity contribution in [3.8, 4) is 6.07 Å². The van der Waals surface area contributed by atoms with Gasteiger partial charge in [-0.15, -0.1) is 0 Å². The van der Waals surface area contributed by atoms with Gasteiger partial charge in [-0.1, -0.05) is 0 Å². The number of Topliss-reactive ketones (excluding diaryl/α,β-unsaturated/α-hetero) is 1. The SMILES string of the molecule is CC(=O)c1ccc(C#N)c(N2CCN(C(=O)C(=O)N3CCCC3)CC2)c1. The highest BCUT2D eigenvalue weighted by Gasteiger charge is 2.31. The van der Waals surface area contributed by atoms with Gasteiger partial charge in [0.05, 0.1) is 11.3 Å². The van der Waals surface area contributed by atoms with Crippen molar-refractivity contribution >= 4 is 23.3 Å². The maximum absolute atomic E-state index is 12.4. The van der Waals surface area contributed by atoms with Gasteiger partial charge in [-0.3, -0.25) is 14.4 Å². The van der Waals surface area contributed by atoms with Gasteiger partial charge in [-0.2, -0.15) is 5.26 Å². The van der Waals surface area contributed by atoms with Gasteiger partial charge in [0.1, 0.15) is 6.07 Å². The molecule has 2 saturated heterocycles. The highest BCUT2D eigenvalue weighted by molar-refractivity contribution is 6.35. The Kier molecular flexibility index (Phi) is 5.21. The number of anilines is 1. The number of carbonyl (C=O) groups excluding carboxylic acids is 3. The molecule has 2 fully saturated rings. The van der Waals surface area contributed by atoms with E-state index in [2.05, 4.69) is 6.07 Å². The molecule has 7 heteroatoms. The van der Waals surface area contributed by atoms with Crippen molar-refractivity contribution in [2.45, 2.75) is 19.8 Å². The Labute approximate surface area is 152 Å². The maximum Gasteiger partial charge on any atom is 0.312 e. The van der Waals surface area contributed by atoms with Crippen molar-refractivity contribution in [2.24, 2.45) is 0 Å². The molecule has 0 atom stereocenters. The molecule has 2 aliphatic heterocycles. The second-order valence-electron chi connectivity index (χ2n) is 6.68. The smallest absolute Gasteiger partial charge is 0.312 e.